The van der Waals surface area contributed by atoms with E-state index in [-0.39, 0.29) is 0 Å². The lowest BCUT2D eigenvalue weighted by molar-refractivity contribution is 1.16. The van der Waals surface area contributed by atoms with E-state index in [1.165, 1.54) is 10.5 Å². The van der Waals surface area contributed by atoms with Crippen LogP contribution >= 0.6 is 11.8 Å². The van der Waals surface area contributed by atoms with Crippen molar-refractivity contribution in [3.05, 3.63) is 29.5 Å². The molecule has 0 amide bonds. The van der Waals surface area contributed by atoms with Gasteiger partial charge in [-0.3, -0.25) is 4.98 Å². The van der Waals surface area contributed by atoms with Crippen LogP contribution in [0.3, 0.4) is 0 Å². The number of pyridine rings is 1. The molecule has 4 heteroatoms. The molecule has 3 rings (SSSR count). The monoisotopic (exact) mass is 241 g/mol. The van der Waals surface area contributed by atoms with Crippen molar-refractivity contribution in [3.63, 3.8) is 0 Å². The van der Waals surface area contributed by atoms with E-state index in [0.717, 1.165) is 28.8 Å². The molecule has 1 aliphatic rings. The van der Waals surface area contributed by atoms with Gasteiger partial charge in [0, 0.05) is 29.3 Å². The van der Waals surface area contributed by atoms with Gasteiger partial charge < -0.3 is 5.32 Å². The molecule has 2 heterocycles. The van der Waals surface area contributed by atoms with Crippen LogP contribution in [0.15, 0.2) is 23.2 Å². The van der Waals surface area contributed by atoms with Gasteiger partial charge >= 0.3 is 0 Å². The van der Waals surface area contributed by atoms with Gasteiger partial charge in [0.1, 0.15) is 6.07 Å². The maximum Gasteiger partial charge on any atom is 0.103 e. The Morgan fingerprint density at radius 1 is 1.47 bits per heavy atom. The van der Waals surface area contributed by atoms with Crippen LogP contribution in [0, 0.1) is 11.3 Å². The van der Waals surface area contributed by atoms with E-state index >= 15 is 0 Å². The Hall–Kier alpha value is -1.73. The lowest BCUT2D eigenvalue weighted by Gasteiger charge is -2.11. The van der Waals surface area contributed by atoms with Crippen molar-refractivity contribution in [1.82, 2.24) is 4.98 Å². The molecule has 0 radical (unpaired) electrons. The second kappa shape index (κ2) is 3.94. The zero-order valence-corrected chi connectivity index (χ0v) is 10.3. The summed E-state index contributed by atoms with van der Waals surface area (Å²) in [5.41, 5.74) is 3.83. The summed E-state index contributed by atoms with van der Waals surface area (Å²) in [5, 5.41) is 13.4. The SMILES string of the molecule is CNc1c(C#N)cnc2ccc3c(c12)CCS3. The maximum atomic E-state index is 9.12. The number of anilines is 1. The topological polar surface area (TPSA) is 48.7 Å². The predicted molar refractivity (Wildman–Crippen MR) is 70.4 cm³/mol. The predicted octanol–water partition coefficient (Wildman–Crippen LogP) is 2.80. The summed E-state index contributed by atoms with van der Waals surface area (Å²) in [6, 6.07) is 6.37. The highest BCUT2D eigenvalue weighted by Gasteiger charge is 2.18. The molecule has 3 nitrogen and oxygen atoms in total. The average Bonchev–Trinajstić information content (AvgIpc) is 2.85. The minimum atomic E-state index is 0.616. The molecule has 1 aromatic heterocycles. The van der Waals surface area contributed by atoms with Crippen molar-refractivity contribution in [2.75, 3.05) is 18.1 Å². The molecule has 0 unspecified atom stereocenters. The number of nitrogens with one attached hydrogen (secondary N) is 1. The largest absolute Gasteiger partial charge is 0.386 e. The number of aromatic nitrogens is 1. The molecule has 0 fully saturated rings. The fourth-order valence-corrected chi connectivity index (χ4v) is 3.40. The Morgan fingerprint density at radius 2 is 2.35 bits per heavy atom. The number of hydrogen-bond acceptors (Lipinski definition) is 4. The highest BCUT2D eigenvalue weighted by molar-refractivity contribution is 7.99. The highest BCUT2D eigenvalue weighted by Crippen LogP contribution is 2.39. The first-order valence-electron chi connectivity index (χ1n) is 5.50. The molecule has 1 aromatic carbocycles. The van der Waals surface area contributed by atoms with E-state index < -0.39 is 0 Å². The maximum absolute atomic E-state index is 9.12. The standard InChI is InChI=1S/C13H11N3S/c1-15-13-8(6-14)7-16-10-2-3-11-9(12(10)13)4-5-17-11/h2-3,7H,4-5H2,1H3,(H,15,16). The zero-order valence-electron chi connectivity index (χ0n) is 9.45. The van der Waals surface area contributed by atoms with Gasteiger partial charge in [0.05, 0.1) is 16.8 Å². The summed E-state index contributed by atoms with van der Waals surface area (Å²) in [4.78, 5) is 5.69. The number of aryl methyl sites for hydroxylation is 1. The summed E-state index contributed by atoms with van der Waals surface area (Å²) in [6.45, 7) is 0. The molecule has 0 bridgehead atoms. The van der Waals surface area contributed by atoms with E-state index in [1.807, 2.05) is 24.9 Å². The molecule has 0 atom stereocenters. The van der Waals surface area contributed by atoms with Crippen molar-refractivity contribution in [3.8, 4) is 6.07 Å². The number of nitrogens with zero attached hydrogens (tertiary/aromatic N) is 2. The minimum Gasteiger partial charge on any atom is -0.386 e. The zero-order chi connectivity index (χ0) is 11.8. The molecule has 0 saturated heterocycles. The van der Waals surface area contributed by atoms with Gasteiger partial charge in [-0.1, -0.05) is 0 Å². The lowest BCUT2D eigenvalue weighted by Crippen LogP contribution is -1.98. The molecule has 1 N–H and O–H groups in total. The van der Waals surface area contributed by atoms with Crippen molar-refractivity contribution >= 4 is 28.4 Å². The number of benzene rings is 1. The minimum absolute atomic E-state index is 0.616. The van der Waals surface area contributed by atoms with Gasteiger partial charge in [-0.2, -0.15) is 5.26 Å². The van der Waals surface area contributed by atoms with E-state index in [1.54, 1.807) is 6.20 Å². The van der Waals surface area contributed by atoms with E-state index in [0.29, 0.717) is 5.56 Å². The van der Waals surface area contributed by atoms with Gasteiger partial charge in [0.15, 0.2) is 0 Å². The first kappa shape index (κ1) is 10.4. The van der Waals surface area contributed by atoms with Crippen molar-refractivity contribution < 1.29 is 0 Å². The summed E-state index contributed by atoms with van der Waals surface area (Å²) in [5.74, 6) is 1.12. The Bertz CT molecular complexity index is 643. The smallest absolute Gasteiger partial charge is 0.103 e. The molecule has 0 aliphatic carbocycles. The van der Waals surface area contributed by atoms with Crippen LogP contribution < -0.4 is 5.32 Å². The average molecular weight is 241 g/mol. The van der Waals surface area contributed by atoms with Crippen molar-refractivity contribution in [2.24, 2.45) is 0 Å². The van der Waals surface area contributed by atoms with Crippen LogP contribution in [0.1, 0.15) is 11.1 Å². The summed E-state index contributed by atoms with van der Waals surface area (Å²) in [6.07, 6.45) is 2.70. The first-order valence-corrected chi connectivity index (χ1v) is 6.49. The summed E-state index contributed by atoms with van der Waals surface area (Å²) >= 11 is 1.88. The quantitative estimate of drug-likeness (QED) is 0.834. The fraction of sp³-hybridized carbons (Fsp3) is 0.231. The Kier molecular flexibility index (Phi) is 2.41. The number of fused-ring (bicyclic) bond motifs is 3. The molecule has 2 aromatic rings. The van der Waals surface area contributed by atoms with Crippen molar-refractivity contribution in [2.45, 2.75) is 11.3 Å². The van der Waals surface area contributed by atoms with Gasteiger partial charge in [-0.05, 0) is 24.1 Å². The van der Waals surface area contributed by atoms with Crippen molar-refractivity contribution in [1.29, 1.82) is 5.26 Å². The number of nitriles is 1. The van der Waals surface area contributed by atoms with Crippen LogP contribution in [0.4, 0.5) is 5.69 Å². The Balaban J connectivity index is 2.45. The van der Waals surface area contributed by atoms with E-state index in [4.69, 9.17) is 5.26 Å². The normalized spacial score (nSPS) is 13.4. The number of thioether (sulfide) groups is 1. The van der Waals surface area contributed by atoms with Gasteiger partial charge in [0.2, 0.25) is 0 Å². The number of hydrogen-bond donors (Lipinski definition) is 1. The summed E-state index contributed by atoms with van der Waals surface area (Å²) < 4.78 is 0. The molecular formula is C13H11N3S. The molecule has 84 valence electrons. The first-order chi connectivity index (χ1) is 8.35. The van der Waals surface area contributed by atoms with Gasteiger partial charge in [-0.15, -0.1) is 11.8 Å². The third kappa shape index (κ3) is 1.47. The van der Waals surface area contributed by atoms with Crippen LogP contribution in [-0.4, -0.2) is 17.8 Å². The summed E-state index contributed by atoms with van der Waals surface area (Å²) in [7, 11) is 1.86. The van der Waals surface area contributed by atoms with Crippen LogP contribution in [-0.2, 0) is 6.42 Å². The van der Waals surface area contributed by atoms with Crippen LogP contribution in [0.2, 0.25) is 0 Å². The van der Waals surface area contributed by atoms with Crippen LogP contribution in [0.25, 0.3) is 10.9 Å². The Labute approximate surface area is 104 Å². The van der Waals surface area contributed by atoms with Gasteiger partial charge in [-0.25, -0.2) is 0 Å². The second-order valence-electron chi connectivity index (χ2n) is 3.94. The fourth-order valence-electron chi connectivity index (χ4n) is 2.33. The molecule has 0 spiro atoms. The highest BCUT2D eigenvalue weighted by atomic mass is 32.2. The lowest BCUT2D eigenvalue weighted by atomic mass is 10.0. The Morgan fingerprint density at radius 3 is 3.12 bits per heavy atom. The molecule has 0 saturated carbocycles. The van der Waals surface area contributed by atoms with E-state index in [2.05, 4.69) is 22.4 Å². The third-order valence-corrected chi connectivity index (χ3v) is 4.18. The molecule has 1 aliphatic heterocycles. The molecule has 17 heavy (non-hydrogen) atoms. The molecular weight excluding hydrogens is 230 g/mol. The number of rotatable bonds is 1. The third-order valence-electron chi connectivity index (χ3n) is 3.08. The second-order valence-corrected chi connectivity index (χ2v) is 5.08. The van der Waals surface area contributed by atoms with E-state index in [9.17, 15) is 0 Å². The van der Waals surface area contributed by atoms with Gasteiger partial charge in [0.25, 0.3) is 0 Å². The van der Waals surface area contributed by atoms with Crippen LogP contribution in [0.5, 0.6) is 0 Å².